The lowest BCUT2D eigenvalue weighted by atomic mass is 9.99. The fourth-order valence-electron chi connectivity index (χ4n) is 3.73. The van der Waals surface area contributed by atoms with Gasteiger partial charge in [-0.1, -0.05) is 55.8 Å². The molecule has 0 radical (unpaired) electrons. The maximum absolute atomic E-state index is 12.8. The zero-order chi connectivity index (χ0) is 22.6. The van der Waals surface area contributed by atoms with Gasteiger partial charge in [0.15, 0.2) is 0 Å². The van der Waals surface area contributed by atoms with Crippen molar-refractivity contribution in [3.8, 4) is 0 Å². The smallest absolute Gasteiger partial charge is 0.243 e. The predicted molar refractivity (Wildman–Crippen MR) is 123 cm³/mol. The molecule has 1 atom stereocenters. The van der Waals surface area contributed by atoms with Crippen molar-refractivity contribution in [3.05, 3.63) is 65.2 Å². The van der Waals surface area contributed by atoms with Crippen LogP contribution in [0.5, 0.6) is 0 Å². The highest BCUT2D eigenvalue weighted by atomic mass is 32.2. The zero-order valence-electron chi connectivity index (χ0n) is 18.8. The summed E-state index contributed by atoms with van der Waals surface area (Å²) >= 11 is 0. The van der Waals surface area contributed by atoms with Gasteiger partial charge in [0, 0.05) is 26.2 Å². The molecule has 1 aliphatic rings. The number of sulfonamides is 1. The van der Waals surface area contributed by atoms with Crippen molar-refractivity contribution in [3.63, 3.8) is 0 Å². The van der Waals surface area contributed by atoms with Crippen molar-refractivity contribution in [2.75, 3.05) is 32.7 Å². The van der Waals surface area contributed by atoms with E-state index in [4.69, 9.17) is 0 Å². The van der Waals surface area contributed by atoms with E-state index in [-0.39, 0.29) is 18.5 Å². The summed E-state index contributed by atoms with van der Waals surface area (Å²) in [6.07, 6.45) is 0. The number of rotatable bonds is 7. The maximum atomic E-state index is 12.8. The van der Waals surface area contributed by atoms with Crippen LogP contribution in [-0.2, 0) is 14.8 Å². The Morgan fingerprint density at radius 1 is 0.903 bits per heavy atom. The minimum Gasteiger partial charge on any atom is -0.348 e. The zero-order valence-corrected chi connectivity index (χ0v) is 19.7. The molecular weight excluding hydrogens is 410 g/mol. The summed E-state index contributed by atoms with van der Waals surface area (Å²) in [5, 5.41) is 3.05. The summed E-state index contributed by atoms with van der Waals surface area (Å²) in [6, 6.07) is 15.2. The van der Waals surface area contributed by atoms with Gasteiger partial charge in [0.25, 0.3) is 0 Å². The standard InChI is InChI=1S/C24H33N3O3S/c1-18(2)21-7-9-22(10-8-21)20(4)25-24(28)17-26-13-15-27(16-14-26)31(29,30)23-11-5-19(3)6-12-23/h5-12,18,20H,13-17H2,1-4H3,(H,25,28)/t20-/m0/s1. The number of benzene rings is 2. The lowest BCUT2D eigenvalue weighted by molar-refractivity contribution is -0.123. The van der Waals surface area contributed by atoms with Gasteiger partial charge in [0.05, 0.1) is 17.5 Å². The molecule has 1 N–H and O–H groups in total. The topological polar surface area (TPSA) is 69.7 Å². The first-order valence-corrected chi connectivity index (χ1v) is 12.3. The lowest BCUT2D eigenvalue weighted by Gasteiger charge is -2.33. The molecule has 0 bridgehead atoms. The van der Waals surface area contributed by atoms with Gasteiger partial charge in [-0.2, -0.15) is 4.31 Å². The average molecular weight is 444 g/mol. The van der Waals surface area contributed by atoms with Gasteiger partial charge in [-0.3, -0.25) is 9.69 Å². The monoisotopic (exact) mass is 443 g/mol. The van der Waals surface area contributed by atoms with Crippen LogP contribution in [0.4, 0.5) is 0 Å². The van der Waals surface area contributed by atoms with E-state index in [0.29, 0.717) is 37.0 Å². The molecule has 0 unspecified atom stereocenters. The summed E-state index contributed by atoms with van der Waals surface area (Å²) in [7, 11) is -3.49. The minimum atomic E-state index is -3.49. The Bertz CT molecular complexity index is 978. The molecule has 1 fully saturated rings. The van der Waals surface area contributed by atoms with Crippen LogP contribution in [0, 0.1) is 6.92 Å². The summed E-state index contributed by atoms with van der Waals surface area (Å²) in [6.45, 7) is 10.3. The molecule has 0 spiro atoms. The third-order valence-corrected chi connectivity index (χ3v) is 7.75. The first-order valence-electron chi connectivity index (χ1n) is 10.8. The third kappa shape index (κ3) is 5.93. The van der Waals surface area contributed by atoms with E-state index < -0.39 is 10.0 Å². The number of aryl methyl sites for hydroxylation is 1. The second kappa shape index (κ2) is 9.94. The first-order chi connectivity index (χ1) is 14.7. The molecule has 0 aliphatic carbocycles. The van der Waals surface area contributed by atoms with Crippen molar-refractivity contribution in [2.45, 2.75) is 44.6 Å². The van der Waals surface area contributed by atoms with Crippen molar-refractivity contribution >= 4 is 15.9 Å². The van der Waals surface area contributed by atoms with Gasteiger partial charge in [-0.15, -0.1) is 0 Å². The van der Waals surface area contributed by atoms with Gasteiger partial charge in [0.2, 0.25) is 15.9 Å². The Kier molecular flexibility index (Phi) is 7.51. The molecule has 1 aliphatic heterocycles. The highest BCUT2D eigenvalue weighted by molar-refractivity contribution is 7.89. The fraction of sp³-hybridized carbons (Fsp3) is 0.458. The predicted octanol–water partition coefficient (Wildman–Crippen LogP) is 3.30. The van der Waals surface area contributed by atoms with Gasteiger partial charge in [-0.25, -0.2) is 8.42 Å². The highest BCUT2D eigenvalue weighted by Crippen LogP contribution is 2.20. The van der Waals surface area contributed by atoms with Crippen molar-refractivity contribution in [2.24, 2.45) is 0 Å². The maximum Gasteiger partial charge on any atom is 0.243 e. The number of hydrogen-bond donors (Lipinski definition) is 1. The largest absolute Gasteiger partial charge is 0.348 e. The van der Waals surface area contributed by atoms with E-state index in [1.807, 2.05) is 30.9 Å². The summed E-state index contributed by atoms with van der Waals surface area (Å²) < 4.78 is 27.2. The van der Waals surface area contributed by atoms with Crippen molar-refractivity contribution in [1.29, 1.82) is 0 Å². The Morgan fingerprint density at radius 3 is 2.00 bits per heavy atom. The van der Waals surface area contributed by atoms with Crippen LogP contribution in [0.1, 0.15) is 49.4 Å². The Labute approximate surface area is 186 Å². The molecule has 7 heteroatoms. The second-order valence-electron chi connectivity index (χ2n) is 8.60. The van der Waals surface area contributed by atoms with E-state index in [1.54, 1.807) is 12.1 Å². The molecule has 1 heterocycles. The molecule has 1 saturated heterocycles. The summed E-state index contributed by atoms with van der Waals surface area (Å²) in [5.41, 5.74) is 3.38. The fourth-order valence-corrected chi connectivity index (χ4v) is 5.15. The molecule has 31 heavy (non-hydrogen) atoms. The van der Waals surface area contributed by atoms with Crippen LogP contribution in [0.3, 0.4) is 0 Å². The number of hydrogen-bond acceptors (Lipinski definition) is 4. The normalized spacial score (nSPS) is 16.9. The van der Waals surface area contributed by atoms with E-state index >= 15 is 0 Å². The van der Waals surface area contributed by atoms with Crippen molar-refractivity contribution in [1.82, 2.24) is 14.5 Å². The lowest BCUT2D eigenvalue weighted by Crippen LogP contribution is -2.51. The van der Waals surface area contributed by atoms with Gasteiger partial charge in [-0.05, 0) is 43.0 Å². The SMILES string of the molecule is Cc1ccc(S(=O)(=O)N2CCN(CC(=O)N[C@@H](C)c3ccc(C(C)C)cc3)CC2)cc1. The number of amides is 1. The Morgan fingerprint density at radius 2 is 1.45 bits per heavy atom. The van der Waals surface area contributed by atoms with Crippen LogP contribution >= 0.6 is 0 Å². The molecule has 2 aromatic carbocycles. The second-order valence-corrected chi connectivity index (χ2v) is 10.5. The molecule has 0 saturated carbocycles. The first kappa shape index (κ1) is 23.4. The van der Waals surface area contributed by atoms with Crippen LogP contribution in [0.2, 0.25) is 0 Å². The van der Waals surface area contributed by atoms with Crippen LogP contribution in [0.15, 0.2) is 53.4 Å². The summed E-state index contributed by atoms with van der Waals surface area (Å²) in [5.74, 6) is 0.433. The Hall–Kier alpha value is -2.22. The quantitative estimate of drug-likeness (QED) is 0.713. The molecule has 2 aromatic rings. The number of piperazine rings is 1. The van der Waals surface area contributed by atoms with Gasteiger partial charge in [0.1, 0.15) is 0 Å². The van der Waals surface area contributed by atoms with Crippen LogP contribution in [-0.4, -0.2) is 56.3 Å². The minimum absolute atomic E-state index is 0.0460. The highest BCUT2D eigenvalue weighted by Gasteiger charge is 2.29. The van der Waals surface area contributed by atoms with E-state index in [1.165, 1.54) is 9.87 Å². The number of carbonyl (C=O) groups is 1. The molecule has 1 amide bonds. The van der Waals surface area contributed by atoms with Crippen LogP contribution < -0.4 is 5.32 Å². The number of nitrogens with one attached hydrogen (secondary N) is 1. The number of nitrogens with zero attached hydrogens (tertiary/aromatic N) is 2. The Balaban J connectivity index is 1.50. The summed E-state index contributed by atoms with van der Waals surface area (Å²) in [4.78, 5) is 14.8. The average Bonchev–Trinajstić information content (AvgIpc) is 2.74. The third-order valence-electron chi connectivity index (χ3n) is 5.84. The molecular formula is C24H33N3O3S. The van der Waals surface area contributed by atoms with Gasteiger partial charge >= 0.3 is 0 Å². The molecule has 6 nitrogen and oxygen atoms in total. The van der Waals surface area contributed by atoms with Gasteiger partial charge < -0.3 is 5.32 Å². The van der Waals surface area contributed by atoms with E-state index in [9.17, 15) is 13.2 Å². The van der Waals surface area contributed by atoms with Crippen molar-refractivity contribution < 1.29 is 13.2 Å². The van der Waals surface area contributed by atoms with E-state index in [2.05, 4.69) is 43.4 Å². The number of carbonyl (C=O) groups excluding carboxylic acids is 1. The molecule has 168 valence electrons. The molecule has 0 aromatic heterocycles. The van der Waals surface area contributed by atoms with E-state index in [0.717, 1.165) is 11.1 Å². The van der Waals surface area contributed by atoms with Crippen LogP contribution in [0.25, 0.3) is 0 Å². The molecule has 3 rings (SSSR count).